The summed E-state index contributed by atoms with van der Waals surface area (Å²) in [7, 11) is 0. The van der Waals surface area contributed by atoms with Crippen molar-refractivity contribution in [1.29, 1.82) is 0 Å². The number of rotatable bonds is 2. The Hall–Kier alpha value is -0.900. The number of nitrogens with zero attached hydrogens (tertiary/aromatic N) is 1. The van der Waals surface area contributed by atoms with Crippen molar-refractivity contribution in [2.75, 3.05) is 23.0 Å². The maximum atomic E-state index is 10.5. The van der Waals surface area contributed by atoms with Crippen molar-refractivity contribution in [3.8, 4) is 0 Å². The molecule has 0 aliphatic carbocycles. The minimum atomic E-state index is 0.408. The number of carbonyl (C=O) groups is 1. The Morgan fingerprint density at radius 2 is 2.50 bits per heavy atom. The largest absolute Gasteiger partial charge is 0.438 e. The van der Waals surface area contributed by atoms with E-state index in [9.17, 15) is 4.79 Å². The van der Waals surface area contributed by atoms with Crippen molar-refractivity contribution in [2.45, 2.75) is 13.0 Å². The van der Waals surface area contributed by atoms with E-state index in [2.05, 4.69) is 11.8 Å². The summed E-state index contributed by atoms with van der Waals surface area (Å²) in [6, 6.07) is 4.08. The average Bonchev–Trinajstić information content (AvgIpc) is 2.67. The first kappa shape index (κ1) is 9.65. The summed E-state index contributed by atoms with van der Waals surface area (Å²) >= 11 is 1.96. The Morgan fingerprint density at radius 3 is 3.14 bits per heavy atom. The lowest BCUT2D eigenvalue weighted by molar-refractivity contribution is 0.110. The molecule has 0 saturated carbocycles. The van der Waals surface area contributed by atoms with Gasteiger partial charge in [0.05, 0.1) is 0 Å². The smallest absolute Gasteiger partial charge is 0.196 e. The van der Waals surface area contributed by atoms with Gasteiger partial charge in [-0.1, -0.05) is 0 Å². The second-order valence-electron chi connectivity index (χ2n) is 3.41. The highest BCUT2D eigenvalue weighted by molar-refractivity contribution is 7.99. The zero-order chi connectivity index (χ0) is 9.97. The standard InChI is InChI=1S/C10H13NO2S/c1-8-7-14-5-4-11(8)10-3-2-9(6-12)13-10/h2-3,6,8H,4-5,7H2,1H3. The first-order valence-electron chi connectivity index (χ1n) is 4.70. The van der Waals surface area contributed by atoms with E-state index in [1.807, 2.05) is 17.8 Å². The second kappa shape index (κ2) is 4.09. The summed E-state index contributed by atoms with van der Waals surface area (Å²) in [5.41, 5.74) is 0. The molecule has 14 heavy (non-hydrogen) atoms. The van der Waals surface area contributed by atoms with E-state index in [4.69, 9.17) is 4.42 Å². The molecule has 1 atom stereocenters. The van der Waals surface area contributed by atoms with Crippen LogP contribution in [0.4, 0.5) is 5.88 Å². The molecule has 0 bridgehead atoms. The van der Waals surface area contributed by atoms with E-state index in [-0.39, 0.29) is 0 Å². The summed E-state index contributed by atoms with van der Waals surface area (Å²) in [6.45, 7) is 3.17. The predicted molar refractivity (Wildman–Crippen MR) is 58.2 cm³/mol. The minimum Gasteiger partial charge on any atom is -0.438 e. The maximum Gasteiger partial charge on any atom is 0.196 e. The second-order valence-corrected chi connectivity index (χ2v) is 4.56. The van der Waals surface area contributed by atoms with Gasteiger partial charge in [0.15, 0.2) is 17.9 Å². The molecule has 3 nitrogen and oxygen atoms in total. The molecular weight excluding hydrogens is 198 g/mol. The van der Waals surface area contributed by atoms with Gasteiger partial charge in [-0.25, -0.2) is 0 Å². The highest BCUT2D eigenvalue weighted by atomic mass is 32.2. The molecule has 1 aliphatic rings. The minimum absolute atomic E-state index is 0.408. The van der Waals surface area contributed by atoms with Gasteiger partial charge >= 0.3 is 0 Å². The molecule has 1 fully saturated rings. The number of hydrogen-bond acceptors (Lipinski definition) is 4. The lowest BCUT2D eigenvalue weighted by Gasteiger charge is -2.32. The predicted octanol–water partition coefficient (Wildman–Crippen LogP) is 2.03. The van der Waals surface area contributed by atoms with Crippen LogP contribution in [0.1, 0.15) is 17.5 Å². The van der Waals surface area contributed by atoms with Crippen molar-refractivity contribution in [1.82, 2.24) is 0 Å². The molecule has 2 heterocycles. The molecule has 4 heteroatoms. The fourth-order valence-electron chi connectivity index (χ4n) is 1.61. The van der Waals surface area contributed by atoms with Gasteiger partial charge in [-0.05, 0) is 13.0 Å². The molecule has 0 aromatic carbocycles. The number of thioether (sulfide) groups is 1. The molecule has 2 rings (SSSR count). The quantitative estimate of drug-likeness (QED) is 0.701. The Labute approximate surface area is 87.5 Å². The van der Waals surface area contributed by atoms with Crippen molar-refractivity contribution in [2.24, 2.45) is 0 Å². The Bertz CT molecular complexity index is 324. The zero-order valence-corrected chi connectivity index (χ0v) is 8.92. The van der Waals surface area contributed by atoms with Gasteiger partial charge in [-0.2, -0.15) is 11.8 Å². The van der Waals surface area contributed by atoms with Crippen LogP contribution in [0, 0.1) is 0 Å². The van der Waals surface area contributed by atoms with E-state index in [1.54, 1.807) is 6.07 Å². The van der Waals surface area contributed by atoms with Crippen LogP contribution in [0.15, 0.2) is 16.5 Å². The van der Waals surface area contributed by atoms with E-state index in [1.165, 1.54) is 0 Å². The van der Waals surface area contributed by atoms with Crippen LogP contribution in [0.25, 0.3) is 0 Å². The highest BCUT2D eigenvalue weighted by Crippen LogP contribution is 2.25. The molecule has 0 spiro atoms. The normalized spacial score (nSPS) is 22.4. The lowest BCUT2D eigenvalue weighted by Crippen LogP contribution is -2.40. The highest BCUT2D eigenvalue weighted by Gasteiger charge is 2.21. The number of anilines is 1. The van der Waals surface area contributed by atoms with Crippen LogP contribution < -0.4 is 4.90 Å². The van der Waals surface area contributed by atoms with E-state index in [0.717, 1.165) is 30.2 Å². The molecule has 1 unspecified atom stereocenters. The summed E-state index contributed by atoms with van der Waals surface area (Å²) in [5, 5.41) is 0. The van der Waals surface area contributed by atoms with Gasteiger partial charge in [0.2, 0.25) is 0 Å². The SMILES string of the molecule is CC1CSCCN1c1ccc(C=O)o1. The monoisotopic (exact) mass is 211 g/mol. The third-order valence-corrected chi connectivity index (χ3v) is 3.57. The van der Waals surface area contributed by atoms with E-state index < -0.39 is 0 Å². The third kappa shape index (κ3) is 1.80. The molecular formula is C10H13NO2S. The van der Waals surface area contributed by atoms with Gasteiger partial charge in [0.25, 0.3) is 0 Å². The topological polar surface area (TPSA) is 33.5 Å². The fraction of sp³-hybridized carbons (Fsp3) is 0.500. The van der Waals surface area contributed by atoms with Gasteiger partial charge in [0.1, 0.15) is 0 Å². The van der Waals surface area contributed by atoms with Crippen LogP contribution in [0.3, 0.4) is 0 Å². The lowest BCUT2D eigenvalue weighted by atomic mass is 10.3. The van der Waals surface area contributed by atoms with E-state index in [0.29, 0.717) is 11.8 Å². The molecule has 76 valence electrons. The summed E-state index contributed by atoms with van der Waals surface area (Å²) in [5.74, 6) is 3.48. The molecule has 1 aliphatic heterocycles. The molecule has 1 aromatic heterocycles. The summed E-state index contributed by atoms with van der Waals surface area (Å²) < 4.78 is 5.39. The van der Waals surface area contributed by atoms with Crippen molar-refractivity contribution in [3.05, 3.63) is 17.9 Å². The number of carbonyl (C=O) groups excluding carboxylic acids is 1. The summed E-state index contributed by atoms with van der Waals surface area (Å²) in [4.78, 5) is 12.7. The Kier molecular flexibility index (Phi) is 2.82. The van der Waals surface area contributed by atoms with Crippen LogP contribution in [-0.4, -0.2) is 30.4 Å². The molecule has 0 N–H and O–H groups in total. The summed E-state index contributed by atoms with van der Waals surface area (Å²) in [6.07, 6.45) is 0.743. The molecule has 1 aromatic rings. The maximum absolute atomic E-state index is 10.5. The van der Waals surface area contributed by atoms with Crippen LogP contribution >= 0.6 is 11.8 Å². The Balaban J connectivity index is 2.16. The van der Waals surface area contributed by atoms with Gasteiger partial charge in [0, 0.05) is 30.2 Å². The van der Waals surface area contributed by atoms with Crippen molar-refractivity contribution in [3.63, 3.8) is 0 Å². The number of furan rings is 1. The first-order chi connectivity index (χ1) is 6.81. The van der Waals surface area contributed by atoms with Gasteiger partial charge in [-0.3, -0.25) is 4.79 Å². The van der Waals surface area contributed by atoms with Crippen molar-refractivity contribution < 1.29 is 9.21 Å². The zero-order valence-electron chi connectivity index (χ0n) is 8.10. The average molecular weight is 211 g/mol. The fourth-order valence-corrected chi connectivity index (χ4v) is 2.63. The Morgan fingerprint density at radius 1 is 1.64 bits per heavy atom. The van der Waals surface area contributed by atoms with Crippen LogP contribution in [0.2, 0.25) is 0 Å². The van der Waals surface area contributed by atoms with E-state index >= 15 is 0 Å². The molecule has 1 saturated heterocycles. The number of hydrogen-bond donors (Lipinski definition) is 0. The van der Waals surface area contributed by atoms with Crippen molar-refractivity contribution >= 4 is 23.9 Å². The molecule has 0 amide bonds. The van der Waals surface area contributed by atoms with Crippen LogP contribution in [0.5, 0.6) is 0 Å². The van der Waals surface area contributed by atoms with Crippen LogP contribution in [-0.2, 0) is 0 Å². The number of aldehydes is 1. The van der Waals surface area contributed by atoms with Gasteiger partial charge in [-0.15, -0.1) is 0 Å². The molecule has 0 radical (unpaired) electrons. The van der Waals surface area contributed by atoms with Gasteiger partial charge < -0.3 is 9.32 Å². The third-order valence-electron chi connectivity index (χ3n) is 2.38. The first-order valence-corrected chi connectivity index (χ1v) is 5.86.